The molecule has 1 fully saturated rings. The fraction of sp³-hybridized carbons (Fsp3) is 0.240. The van der Waals surface area contributed by atoms with E-state index in [1.807, 2.05) is 65.6 Å². The molecule has 0 spiro atoms. The fourth-order valence-electron chi connectivity index (χ4n) is 4.73. The van der Waals surface area contributed by atoms with Crippen molar-refractivity contribution in [1.29, 1.82) is 0 Å². The summed E-state index contributed by atoms with van der Waals surface area (Å²) in [6.07, 6.45) is 0.565. The zero-order valence-corrected chi connectivity index (χ0v) is 16.5. The highest BCUT2D eigenvalue weighted by Crippen LogP contribution is 2.51. The molecule has 5 rings (SSSR count). The minimum Gasteiger partial charge on any atom is -0.445 e. The Morgan fingerprint density at radius 3 is 2.53 bits per heavy atom. The molecule has 3 aromatic rings. The minimum absolute atomic E-state index is 0.0115. The van der Waals surface area contributed by atoms with E-state index in [-0.39, 0.29) is 36.5 Å². The van der Waals surface area contributed by atoms with Crippen LogP contribution in [0.4, 0.5) is 14.9 Å². The molecule has 152 valence electrons. The number of amides is 1. The molecule has 1 amide bonds. The van der Waals surface area contributed by atoms with Crippen LogP contribution in [0.5, 0.6) is 0 Å². The van der Waals surface area contributed by atoms with Crippen LogP contribution in [0.15, 0.2) is 78.9 Å². The molecular weight excluding hydrogens is 379 g/mol. The number of anilines is 1. The van der Waals surface area contributed by atoms with Crippen molar-refractivity contribution in [2.75, 3.05) is 11.9 Å². The number of carbonyl (C=O) groups is 1. The molecule has 3 atom stereocenters. The molecule has 5 heteroatoms. The van der Waals surface area contributed by atoms with E-state index in [9.17, 15) is 9.18 Å². The second kappa shape index (κ2) is 7.82. The van der Waals surface area contributed by atoms with Crippen LogP contribution in [0.1, 0.15) is 35.2 Å². The number of ether oxygens (including phenoxy) is 1. The third kappa shape index (κ3) is 3.41. The van der Waals surface area contributed by atoms with Crippen LogP contribution in [-0.2, 0) is 11.3 Å². The molecule has 1 N–H and O–H groups in total. The molecule has 0 aromatic heterocycles. The van der Waals surface area contributed by atoms with Gasteiger partial charge in [-0.2, -0.15) is 0 Å². The molecule has 30 heavy (non-hydrogen) atoms. The molecule has 2 heterocycles. The third-order valence-corrected chi connectivity index (χ3v) is 6.13. The highest BCUT2D eigenvalue weighted by Gasteiger charge is 2.46. The second-order valence-corrected chi connectivity index (χ2v) is 7.89. The zero-order valence-electron chi connectivity index (χ0n) is 16.5. The van der Waals surface area contributed by atoms with E-state index in [2.05, 4.69) is 11.4 Å². The van der Waals surface area contributed by atoms with Gasteiger partial charge in [-0.1, -0.05) is 60.7 Å². The van der Waals surface area contributed by atoms with Gasteiger partial charge in [0.1, 0.15) is 12.4 Å². The van der Waals surface area contributed by atoms with Gasteiger partial charge in [-0.3, -0.25) is 0 Å². The Kier molecular flexibility index (Phi) is 4.87. The number of likely N-dealkylation sites (tertiary alicyclic amines) is 1. The van der Waals surface area contributed by atoms with E-state index in [0.29, 0.717) is 6.54 Å². The molecule has 3 aromatic carbocycles. The number of halogens is 1. The lowest BCUT2D eigenvalue weighted by atomic mass is 9.80. The van der Waals surface area contributed by atoms with Crippen LogP contribution >= 0.6 is 0 Å². The topological polar surface area (TPSA) is 41.6 Å². The van der Waals surface area contributed by atoms with Crippen molar-refractivity contribution in [3.63, 3.8) is 0 Å². The average molecular weight is 402 g/mol. The highest BCUT2D eigenvalue weighted by molar-refractivity contribution is 5.71. The maximum absolute atomic E-state index is 13.5. The van der Waals surface area contributed by atoms with E-state index in [1.54, 1.807) is 0 Å². The Hall–Kier alpha value is -3.34. The number of carbonyl (C=O) groups excluding carboxylic acids is 1. The lowest BCUT2D eigenvalue weighted by Gasteiger charge is -2.39. The van der Waals surface area contributed by atoms with E-state index in [4.69, 9.17) is 4.74 Å². The molecular formula is C25H23FN2O2. The van der Waals surface area contributed by atoms with E-state index >= 15 is 0 Å². The Balaban J connectivity index is 1.42. The lowest BCUT2D eigenvalue weighted by molar-refractivity contribution is 0.0865. The van der Waals surface area contributed by atoms with E-state index < -0.39 is 0 Å². The van der Waals surface area contributed by atoms with Crippen molar-refractivity contribution in [3.8, 4) is 0 Å². The van der Waals surface area contributed by atoms with Gasteiger partial charge in [0.15, 0.2) is 0 Å². The van der Waals surface area contributed by atoms with Gasteiger partial charge < -0.3 is 15.0 Å². The summed E-state index contributed by atoms with van der Waals surface area (Å²) in [6.45, 7) is 0.894. The molecule has 4 nitrogen and oxygen atoms in total. The summed E-state index contributed by atoms with van der Waals surface area (Å²) in [4.78, 5) is 14.9. The van der Waals surface area contributed by atoms with Crippen LogP contribution in [0.25, 0.3) is 0 Å². The first-order chi connectivity index (χ1) is 14.7. The monoisotopic (exact) mass is 402 g/mol. The van der Waals surface area contributed by atoms with E-state index in [0.717, 1.165) is 28.8 Å². The SMILES string of the molecule is O=C(OCc1ccccc1)N1CC[C@H]2[C@@H](c3ccc(F)cc3)Nc3ccccc3[C@H]21. The molecule has 2 aliphatic heterocycles. The summed E-state index contributed by atoms with van der Waals surface area (Å²) in [7, 11) is 0. The number of hydrogen-bond donors (Lipinski definition) is 1. The fourth-order valence-corrected chi connectivity index (χ4v) is 4.73. The van der Waals surface area contributed by atoms with Crippen LogP contribution in [0.2, 0.25) is 0 Å². The maximum Gasteiger partial charge on any atom is 0.410 e. The summed E-state index contributed by atoms with van der Waals surface area (Å²) >= 11 is 0. The summed E-state index contributed by atoms with van der Waals surface area (Å²) in [5.41, 5.74) is 4.11. The number of para-hydroxylation sites is 1. The van der Waals surface area contributed by atoms with Gasteiger partial charge in [-0.05, 0) is 41.3 Å². The Bertz CT molecular complexity index is 1040. The van der Waals surface area contributed by atoms with Gasteiger partial charge in [0.25, 0.3) is 0 Å². The van der Waals surface area contributed by atoms with Gasteiger partial charge in [-0.15, -0.1) is 0 Å². The Morgan fingerprint density at radius 2 is 1.73 bits per heavy atom. The van der Waals surface area contributed by atoms with Crippen LogP contribution in [-0.4, -0.2) is 17.5 Å². The molecule has 0 radical (unpaired) electrons. The third-order valence-electron chi connectivity index (χ3n) is 6.13. The van der Waals surface area contributed by atoms with Gasteiger partial charge in [0.05, 0.1) is 12.1 Å². The molecule has 0 unspecified atom stereocenters. The standard InChI is InChI=1S/C25H23FN2O2/c26-19-12-10-18(11-13-19)23-21-14-15-28(24(21)20-8-4-5-9-22(20)27-23)25(29)30-16-17-6-2-1-3-7-17/h1-13,21,23-24,27H,14-16H2/t21-,23+,24+/m0/s1. The van der Waals surface area contributed by atoms with Crippen molar-refractivity contribution in [1.82, 2.24) is 4.90 Å². The second-order valence-electron chi connectivity index (χ2n) is 7.89. The molecule has 0 bridgehead atoms. The predicted molar refractivity (Wildman–Crippen MR) is 113 cm³/mol. The number of hydrogen-bond acceptors (Lipinski definition) is 3. The smallest absolute Gasteiger partial charge is 0.410 e. The van der Waals surface area contributed by atoms with Crippen molar-refractivity contribution in [2.24, 2.45) is 5.92 Å². The number of nitrogens with zero attached hydrogens (tertiary/aromatic N) is 1. The van der Waals surface area contributed by atoms with Crippen LogP contribution < -0.4 is 5.32 Å². The molecule has 0 aliphatic carbocycles. The number of rotatable bonds is 3. The predicted octanol–water partition coefficient (Wildman–Crippen LogP) is 5.69. The van der Waals surface area contributed by atoms with Crippen molar-refractivity contribution >= 4 is 11.8 Å². The largest absolute Gasteiger partial charge is 0.445 e. The summed E-state index contributed by atoms with van der Waals surface area (Å²) in [5, 5.41) is 3.62. The summed E-state index contributed by atoms with van der Waals surface area (Å²) in [5.74, 6) is -0.0568. The Labute approximate surface area is 175 Å². The lowest BCUT2D eigenvalue weighted by Crippen LogP contribution is -2.37. The van der Waals surface area contributed by atoms with Gasteiger partial charge >= 0.3 is 6.09 Å². The number of nitrogens with one attached hydrogen (secondary N) is 1. The summed E-state index contributed by atoms with van der Waals surface area (Å²) < 4.78 is 19.1. The van der Waals surface area contributed by atoms with Gasteiger partial charge in [0, 0.05) is 18.2 Å². The average Bonchev–Trinajstić information content (AvgIpc) is 3.24. The Morgan fingerprint density at radius 1 is 1.00 bits per heavy atom. The molecule has 2 aliphatic rings. The van der Waals surface area contributed by atoms with Gasteiger partial charge in [0.2, 0.25) is 0 Å². The van der Waals surface area contributed by atoms with Crippen molar-refractivity contribution in [3.05, 3.63) is 101 Å². The molecule has 1 saturated heterocycles. The number of fused-ring (bicyclic) bond motifs is 3. The quantitative estimate of drug-likeness (QED) is 0.612. The van der Waals surface area contributed by atoms with Crippen LogP contribution in [0, 0.1) is 11.7 Å². The van der Waals surface area contributed by atoms with Crippen molar-refractivity contribution < 1.29 is 13.9 Å². The first kappa shape index (κ1) is 18.7. The zero-order chi connectivity index (χ0) is 20.5. The summed E-state index contributed by atoms with van der Waals surface area (Å²) in [6, 6.07) is 24.4. The van der Waals surface area contributed by atoms with Crippen LogP contribution in [0.3, 0.4) is 0 Å². The first-order valence-electron chi connectivity index (χ1n) is 10.3. The van der Waals surface area contributed by atoms with Gasteiger partial charge in [-0.25, -0.2) is 9.18 Å². The number of benzene rings is 3. The first-order valence-corrected chi connectivity index (χ1v) is 10.3. The normalized spacial score (nSPS) is 22.0. The van der Waals surface area contributed by atoms with Crippen molar-refractivity contribution in [2.45, 2.75) is 25.1 Å². The highest BCUT2D eigenvalue weighted by atomic mass is 19.1. The minimum atomic E-state index is -0.291. The van der Waals surface area contributed by atoms with E-state index in [1.165, 1.54) is 12.1 Å². The maximum atomic E-state index is 13.5. The molecule has 0 saturated carbocycles.